The fourth-order valence-corrected chi connectivity index (χ4v) is 6.87. The number of nitrogens with zero attached hydrogens (tertiary/aromatic N) is 1. The first-order valence-electron chi connectivity index (χ1n) is 14.2. The van der Waals surface area contributed by atoms with Crippen molar-refractivity contribution in [3.8, 4) is 5.75 Å². The Morgan fingerprint density at radius 1 is 1.05 bits per heavy atom. The summed E-state index contributed by atoms with van der Waals surface area (Å²) in [5, 5.41) is 8.33. The van der Waals surface area contributed by atoms with E-state index in [4.69, 9.17) is 4.42 Å². The number of furan rings is 1. The number of carbonyl (C=O) groups excluding carboxylic acids is 2. The maximum absolute atomic E-state index is 13.3. The number of benzene rings is 1. The Kier molecular flexibility index (Phi) is 10.4. The highest BCUT2D eigenvalue weighted by atomic mass is 32.2. The Labute approximate surface area is 243 Å². The van der Waals surface area contributed by atoms with Crippen molar-refractivity contribution < 1.29 is 40.3 Å². The standard InChI is InChI=1S/C28H37F3N4O6S/c1-19-23(18-25(40-19)42(38,39)35-15-5-6-16-35)26(36)34-24(17-20-7-3-2-4-8-20)27(37)33-14-13-32-21-9-11-22(12-10-21)41-28(29,30)31/h9-12,18,20,24,32H,2-8,13-17H2,1H3,(H,33,37)(H,34,36)/t24-/m0/s1. The number of ether oxygens (including phenoxy) is 1. The van der Waals surface area contributed by atoms with Crippen molar-refractivity contribution in [3.05, 3.63) is 41.7 Å². The molecular weight excluding hydrogens is 577 g/mol. The monoisotopic (exact) mass is 614 g/mol. The van der Waals surface area contributed by atoms with Gasteiger partial charge in [0, 0.05) is 37.9 Å². The van der Waals surface area contributed by atoms with Gasteiger partial charge in [0.25, 0.3) is 15.9 Å². The number of carbonyl (C=O) groups is 2. The molecule has 1 saturated heterocycles. The second kappa shape index (κ2) is 13.8. The van der Waals surface area contributed by atoms with Crippen molar-refractivity contribution in [1.29, 1.82) is 0 Å². The molecule has 1 saturated carbocycles. The van der Waals surface area contributed by atoms with Crippen molar-refractivity contribution in [1.82, 2.24) is 14.9 Å². The molecule has 2 fully saturated rings. The summed E-state index contributed by atoms with van der Waals surface area (Å²) in [5.41, 5.74) is 0.606. The summed E-state index contributed by atoms with van der Waals surface area (Å²) in [5.74, 6) is -0.888. The van der Waals surface area contributed by atoms with E-state index >= 15 is 0 Å². The van der Waals surface area contributed by atoms with E-state index in [2.05, 4.69) is 20.7 Å². The number of amides is 2. The molecule has 4 rings (SSSR count). The first-order valence-corrected chi connectivity index (χ1v) is 15.7. The van der Waals surface area contributed by atoms with Crippen LogP contribution in [0.15, 0.2) is 39.8 Å². The Balaban J connectivity index is 1.36. The highest BCUT2D eigenvalue weighted by Gasteiger charge is 2.33. The van der Waals surface area contributed by atoms with Crippen molar-refractivity contribution in [2.75, 3.05) is 31.5 Å². The summed E-state index contributed by atoms with van der Waals surface area (Å²) in [6.07, 6.45) is 2.37. The number of alkyl halides is 3. The van der Waals surface area contributed by atoms with E-state index in [1.165, 1.54) is 41.6 Å². The molecule has 0 radical (unpaired) electrons. The number of halogens is 3. The van der Waals surface area contributed by atoms with Crippen molar-refractivity contribution in [2.45, 2.75) is 75.8 Å². The molecule has 3 N–H and O–H groups in total. The fraction of sp³-hybridized carbons (Fsp3) is 0.571. The highest BCUT2D eigenvalue weighted by molar-refractivity contribution is 7.89. The Bertz CT molecular complexity index is 1320. The number of aryl methyl sites for hydroxylation is 1. The molecular formula is C28H37F3N4O6S. The fourth-order valence-electron chi connectivity index (χ4n) is 5.38. The summed E-state index contributed by atoms with van der Waals surface area (Å²) >= 11 is 0. The molecule has 42 heavy (non-hydrogen) atoms. The second-order valence-corrected chi connectivity index (χ2v) is 12.6. The summed E-state index contributed by atoms with van der Waals surface area (Å²) in [4.78, 5) is 26.5. The molecule has 232 valence electrons. The largest absolute Gasteiger partial charge is 0.573 e. The number of nitrogens with one attached hydrogen (secondary N) is 3. The Morgan fingerprint density at radius 2 is 1.71 bits per heavy atom. The van der Waals surface area contributed by atoms with Crippen LogP contribution in [0.25, 0.3) is 0 Å². The van der Waals surface area contributed by atoms with Crippen LogP contribution in [0.5, 0.6) is 5.75 Å². The van der Waals surface area contributed by atoms with Crippen molar-refractivity contribution >= 4 is 27.5 Å². The van der Waals surface area contributed by atoms with E-state index in [9.17, 15) is 31.2 Å². The molecule has 2 aliphatic rings. The van der Waals surface area contributed by atoms with Gasteiger partial charge < -0.3 is 25.1 Å². The van der Waals surface area contributed by atoms with Crippen LogP contribution in [0.3, 0.4) is 0 Å². The van der Waals surface area contributed by atoms with E-state index in [1.807, 2.05) is 0 Å². The number of sulfonamides is 1. The lowest BCUT2D eigenvalue weighted by atomic mass is 9.84. The van der Waals surface area contributed by atoms with Gasteiger partial charge in [-0.05, 0) is 56.4 Å². The SMILES string of the molecule is Cc1oc(S(=O)(=O)N2CCCC2)cc1C(=O)N[C@@H](CC1CCCCC1)C(=O)NCCNc1ccc(OC(F)(F)F)cc1. The van der Waals surface area contributed by atoms with Crippen LogP contribution in [0.2, 0.25) is 0 Å². The lowest BCUT2D eigenvalue weighted by Gasteiger charge is -2.26. The quantitative estimate of drug-likeness (QED) is 0.299. The van der Waals surface area contributed by atoms with Crippen LogP contribution in [-0.2, 0) is 14.8 Å². The minimum Gasteiger partial charge on any atom is -0.448 e. The first kappa shape index (κ1) is 31.7. The van der Waals surface area contributed by atoms with E-state index in [1.54, 1.807) is 0 Å². The molecule has 1 aliphatic carbocycles. The van der Waals surface area contributed by atoms with E-state index in [-0.39, 0.29) is 47.1 Å². The van der Waals surface area contributed by atoms with Gasteiger partial charge in [0.1, 0.15) is 17.6 Å². The van der Waals surface area contributed by atoms with Gasteiger partial charge in [0.15, 0.2) is 0 Å². The molecule has 0 bridgehead atoms. The Hall–Kier alpha value is -3.26. The molecule has 1 aromatic heterocycles. The molecule has 14 heteroatoms. The molecule has 2 amide bonds. The topological polar surface area (TPSA) is 130 Å². The van der Waals surface area contributed by atoms with Gasteiger partial charge >= 0.3 is 6.36 Å². The van der Waals surface area contributed by atoms with Crippen LogP contribution >= 0.6 is 0 Å². The zero-order valence-corrected chi connectivity index (χ0v) is 24.3. The maximum Gasteiger partial charge on any atom is 0.573 e. The van der Waals surface area contributed by atoms with E-state index in [0.29, 0.717) is 25.2 Å². The summed E-state index contributed by atoms with van der Waals surface area (Å²) in [6.45, 7) is 2.80. The molecule has 1 aromatic carbocycles. The van der Waals surface area contributed by atoms with Gasteiger partial charge in [-0.3, -0.25) is 9.59 Å². The average Bonchev–Trinajstić information content (AvgIpc) is 3.62. The number of hydrogen-bond acceptors (Lipinski definition) is 7. The van der Waals surface area contributed by atoms with E-state index < -0.39 is 28.3 Å². The zero-order valence-electron chi connectivity index (χ0n) is 23.5. The minimum atomic E-state index is -4.77. The summed E-state index contributed by atoms with van der Waals surface area (Å²) in [6, 6.07) is 5.62. The lowest BCUT2D eigenvalue weighted by molar-refractivity contribution is -0.274. The normalized spacial score (nSPS) is 17.5. The van der Waals surface area contributed by atoms with Crippen molar-refractivity contribution in [2.24, 2.45) is 5.92 Å². The zero-order chi connectivity index (χ0) is 30.3. The van der Waals surface area contributed by atoms with Crippen LogP contribution in [0.4, 0.5) is 18.9 Å². The predicted octanol–water partition coefficient (Wildman–Crippen LogP) is 4.57. The van der Waals surface area contributed by atoms with Crippen molar-refractivity contribution in [3.63, 3.8) is 0 Å². The molecule has 10 nitrogen and oxygen atoms in total. The van der Waals surface area contributed by atoms with E-state index in [0.717, 1.165) is 44.9 Å². The third kappa shape index (κ3) is 8.63. The lowest BCUT2D eigenvalue weighted by Crippen LogP contribution is -2.48. The summed E-state index contributed by atoms with van der Waals surface area (Å²) < 4.78 is 73.6. The molecule has 1 aliphatic heterocycles. The van der Waals surface area contributed by atoms with Gasteiger partial charge in [-0.1, -0.05) is 32.1 Å². The molecule has 2 aromatic rings. The van der Waals surface area contributed by atoms with Crippen LogP contribution < -0.4 is 20.7 Å². The molecule has 1 atom stereocenters. The third-order valence-electron chi connectivity index (χ3n) is 7.56. The minimum absolute atomic E-state index is 0.0637. The van der Waals surface area contributed by atoms with Crippen LogP contribution in [0, 0.1) is 12.8 Å². The van der Waals surface area contributed by atoms with Gasteiger partial charge in [0.05, 0.1) is 5.56 Å². The average molecular weight is 615 g/mol. The van der Waals surface area contributed by atoms with Crippen LogP contribution in [-0.4, -0.2) is 63.1 Å². The first-order chi connectivity index (χ1) is 19.9. The summed E-state index contributed by atoms with van der Waals surface area (Å²) in [7, 11) is -3.85. The third-order valence-corrected chi connectivity index (χ3v) is 9.31. The smallest absolute Gasteiger partial charge is 0.448 e. The number of anilines is 1. The molecule has 0 unspecified atom stereocenters. The number of rotatable bonds is 12. The van der Waals surface area contributed by atoms with Gasteiger partial charge in [0.2, 0.25) is 11.0 Å². The van der Waals surface area contributed by atoms with Gasteiger partial charge in [-0.2, -0.15) is 4.31 Å². The molecule has 0 spiro atoms. The predicted molar refractivity (Wildman–Crippen MR) is 149 cm³/mol. The van der Waals surface area contributed by atoms with Gasteiger partial charge in [-0.15, -0.1) is 13.2 Å². The van der Waals surface area contributed by atoms with Gasteiger partial charge in [-0.25, -0.2) is 8.42 Å². The highest BCUT2D eigenvalue weighted by Crippen LogP contribution is 2.29. The number of hydrogen-bond donors (Lipinski definition) is 3. The maximum atomic E-state index is 13.3. The molecule has 2 heterocycles. The van der Waals surface area contributed by atoms with Crippen LogP contribution in [0.1, 0.15) is 67.5 Å². The second-order valence-electron chi connectivity index (χ2n) is 10.7. The Morgan fingerprint density at radius 3 is 2.36 bits per heavy atom.